The van der Waals surface area contributed by atoms with Gasteiger partial charge in [0.15, 0.2) is 18.1 Å². The Balaban J connectivity index is 1.51. The Hall–Kier alpha value is -3.03. The summed E-state index contributed by atoms with van der Waals surface area (Å²) in [4.78, 5) is 26.2. The molecular formula is C21H27N3O5. The highest BCUT2D eigenvalue weighted by molar-refractivity contribution is 5.81. The fourth-order valence-corrected chi connectivity index (χ4v) is 3.50. The number of carbonyl (C=O) groups excluding carboxylic acids is 2. The molecule has 0 spiro atoms. The van der Waals surface area contributed by atoms with E-state index in [1.165, 1.54) is 0 Å². The maximum atomic E-state index is 12.5. The number of carbonyl (C=O) groups is 2. The van der Waals surface area contributed by atoms with Crippen molar-refractivity contribution in [2.75, 3.05) is 27.4 Å². The van der Waals surface area contributed by atoms with Crippen molar-refractivity contribution >= 4 is 11.9 Å². The molecule has 0 bridgehead atoms. The smallest absolute Gasteiger partial charge is 0.308 e. The molecule has 0 radical (unpaired) electrons. The molecule has 29 heavy (non-hydrogen) atoms. The molecule has 0 saturated heterocycles. The number of methoxy groups -OCH3 is 2. The third-order valence-corrected chi connectivity index (χ3v) is 5.06. The topological polar surface area (TPSA) is 82.9 Å². The number of fused-ring (bicyclic) bond motifs is 1. The van der Waals surface area contributed by atoms with Crippen molar-refractivity contribution in [3.8, 4) is 11.5 Å². The summed E-state index contributed by atoms with van der Waals surface area (Å²) in [6.07, 6.45) is 0.891. The molecule has 0 saturated carbocycles. The quantitative estimate of drug-likeness (QED) is 0.661. The highest BCUT2D eigenvalue weighted by Gasteiger charge is 2.23. The maximum absolute atomic E-state index is 12.5. The molecule has 1 aromatic heterocycles. The number of benzene rings is 1. The van der Waals surface area contributed by atoms with E-state index in [-0.39, 0.29) is 18.9 Å². The fraction of sp³-hybridized carbons (Fsp3) is 0.476. The van der Waals surface area contributed by atoms with Crippen LogP contribution in [0.3, 0.4) is 0 Å². The van der Waals surface area contributed by atoms with E-state index in [0.29, 0.717) is 37.6 Å². The average molecular weight is 401 g/mol. The molecule has 1 aliphatic rings. The SMILES string of the molecule is COc1cc2c(cc1OC)CN(C(=O)COC(=O)CCn1nc(C)cc1C)CC2. The third kappa shape index (κ3) is 4.88. The Labute approximate surface area is 170 Å². The van der Waals surface area contributed by atoms with Gasteiger partial charge in [0.2, 0.25) is 0 Å². The van der Waals surface area contributed by atoms with Crippen molar-refractivity contribution in [1.82, 2.24) is 14.7 Å². The van der Waals surface area contributed by atoms with Crippen molar-refractivity contribution in [2.24, 2.45) is 0 Å². The minimum absolute atomic E-state index is 0.176. The number of aromatic nitrogens is 2. The van der Waals surface area contributed by atoms with Gasteiger partial charge in [-0.15, -0.1) is 0 Å². The monoisotopic (exact) mass is 401 g/mol. The maximum Gasteiger partial charge on any atom is 0.308 e. The number of aryl methyl sites for hydroxylation is 3. The van der Waals surface area contributed by atoms with Gasteiger partial charge in [-0.25, -0.2) is 0 Å². The van der Waals surface area contributed by atoms with Gasteiger partial charge in [-0.3, -0.25) is 14.3 Å². The van der Waals surface area contributed by atoms with E-state index in [1.54, 1.807) is 23.8 Å². The lowest BCUT2D eigenvalue weighted by atomic mass is 9.99. The van der Waals surface area contributed by atoms with Gasteiger partial charge >= 0.3 is 5.97 Å². The number of rotatable bonds is 7. The van der Waals surface area contributed by atoms with E-state index in [2.05, 4.69) is 5.10 Å². The van der Waals surface area contributed by atoms with Crippen molar-refractivity contribution < 1.29 is 23.8 Å². The summed E-state index contributed by atoms with van der Waals surface area (Å²) in [5.74, 6) is 0.707. The molecule has 1 aromatic carbocycles. The van der Waals surface area contributed by atoms with Crippen molar-refractivity contribution in [1.29, 1.82) is 0 Å². The third-order valence-electron chi connectivity index (χ3n) is 5.06. The van der Waals surface area contributed by atoms with Crippen LogP contribution >= 0.6 is 0 Å². The lowest BCUT2D eigenvalue weighted by molar-refractivity contribution is -0.152. The summed E-state index contributed by atoms with van der Waals surface area (Å²) in [6.45, 7) is 5.06. The number of ether oxygens (including phenoxy) is 3. The summed E-state index contributed by atoms with van der Waals surface area (Å²) < 4.78 is 17.6. The van der Waals surface area contributed by atoms with Crippen molar-refractivity contribution in [2.45, 2.75) is 39.8 Å². The minimum Gasteiger partial charge on any atom is -0.493 e. The van der Waals surface area contributed by atoms with Crippen LogP contribution in [0.5, 0.6) is 11.5 Å². The van der Waals surface area contributed by atoms with Gasteiger partial charge < -0.3 is 19.1 Å². The van der Waals surface area contributed by atoms with E-state index in [1.807, 2.05) is 32.0 Å². The predicted molar refractivity (Wildman–Crippen MR) is 106 cm³/mol. The van der Waals surface area contributed by atoms with E-state index in [9.17, 15) is 9.59 Å². The van der Waals surface area contributed by atoms with Gasteiger partial charge in [-0.1, -0.05) is 0 Å². The van der Waals surface area contributed by atoms with Gasteiger partial charge in [0, 0.05) is 18.8 Å². The first-order valence-electron chi connectivity index (χ1n) is 9.59. The Bertz CT molecular complexity index is 906. The highest BCUT2D eigenvalue weighted by atomic mass is 16.5. The zero-order chi connectivity index (χ0) is 21.0. The fourth-order valence-electron chi connectivity index (χ4n) is 3.50. The number of amides is 1. The molecule has 3 rings (SSSR count). The molecule has 0 N–H and O–H groups in total. The Morgan fingerprint density at radius 2 is 1.76 bits per heavy atom. The first-order chi connectivity index (χ1) is 13.9. The molecular weight excluding hydrogens is 374 g/mol. The highest BCUT2D eigenvalue weighted by Crippen LogP contribution is 2.33. The summed E-state index contributed by atoms with van der Waals surface area (Å²) in [6, 6.07) is 5.80. The normalized spacial score (nSPS) is 13.0. The van der Waals surface area contributed by atoms with Gasteiger partial charge in [-0.2, -0.15) is 5.10 Å². The zero-order valence-electron chi connectivity index (χ0n) is 17.4. The molecule has 2 aromatic rings. The van der Waals surface area contributed by atoms with Crippen LogP contribution in [0.4, 0.5) is 0 Å². The molecule has 0 fully saturated rings. The van der Waals surface area contributed by atoms with Crippen LogP contribution in [0, 0.1) is 13.8 Å². The Morgan fingerprint density at radius 3 is 2.38 bits per heavy atom. The molecule has 0 unspecified atom stereocenters. The van der Waals surface area contributed by atoms with Gasteiger partial charge in [0.1, 0.15) is 0 Å². The number of hydrogen-bond acceptors (Lipinski definition) is 6. The van der Waals surface area contributed by atoms with Gasteiger partial charge in [0.05, 0.1) is 32.9 Å². The van der Waals surface area contributed by atoms with Crippen LogP contribution < -0.4 is 9.47 Å². The average Bonchev–Trinajstić information content (AvgIpc) is 3.05. The van der Waals surface area contributed by atoms with E-state index in [0.717, 1.165) is 22.5 Å². The van der Waals surface area contributed by atoms with E-state index in [4.69, 9.17) is 14.2 Å². The zero-order valence-corrected chi connectivity index (χ0v) is 17.4. The first-order valence-corrected chi connectivity index (χ1v) is 9.59. The van der Waals surface area contributed by atoms with Crippen LogP contribution in [0.15, 0.2) is 18.2 Å². The van der Waals surface area contributed by atoms with Crippen molar-refractivity contribution in [3.05, 3.63) is 40.7 Å². The molecule has 8 heteroatoms. The summed E-state index contributed by atoms with van der Waals surface area (Å²) in [5, 5.41) is 4.31. The number of nitrogens with zero attached hydrogens (tertiary/aromatic N) is 3. The van der Waals surface area contributed by atoms with E-state index >= 15 is 0 Å². The molecule has 8 nitrogen and oxygen atoms in total. The summed E-state index contributed by atoms with van der Waals surface area (Å²) in [7, 11) is 3.19. The second-order valence-electron chi connectivity index (χ2n) is 7.10. The number of esters is 1. The summed E-state index contributed by atoms with van der Waals surface area (Å²) in [5.41, 5.74) is 4.04. The predicted octanol–water partition coefficient (Wildman–Crippen LogP) is 2.04. The van der Waals surface area contributed by atoms with Crippen LogP contribution in [0.25, 0.3) is 0 Å². The van der Waals surface area contributed by atoms with Crippen molar-refractivity contribution in [3.63, 3.8) is 0 Å². The molecule has 1 aliphatic heterocycles. The Kier molecular flexibility index (Phi) is 6.41. The van der Waals surface area contributed by atoms with Crippen LogP contribution in [0.1, 0.15) is 28.9 Å². The van der Waals surface area contributed by atoms with Crippen LogP contribution in [0.2, 0.25) is 0 Å². The van der Waals surface area contributed by atoms with Gasteiger partial charge in [-0.05, 0) is 49.6 Å². The lowest BCUT2D eigenvalue weighted by Crippen LogP contribution is -2.38. The molecule has 0 aliphatic carbocycles. The molecule has 1 amide bonds. The van der Waals surface area contributed by atoms with Crippen LogP contribution in [-0.4, -0.2) is 53.9 Å². The second kappa shape index (κ2) is 8.98. The molecule has 0 atom stereocenters. The lowest BCUT2D eigenvalue weighted by Gasteiger charge is -2.29. The first kappa shape index (κ1) is 20.7. The van der Waals surface area contributed by atoms with E-state index < -0.39 is 5.97 Å². The summed E-state index contributed by atoms with van der Waals surface area (Å²) >= 11 is 0. The standard InChI is InChI=1S/C21H27N3O5/c1-14-9-15(2)24(22-14)8-6-21(26)29-13-20(25)23-7-5-16-10-18(27-3)19(28-4)11-17(16)12-23/h9-11H,5-8,12-13H2,1-4H3. The molecule has 2 heterocycles. The largest absolute Gasteiger partial charge is 0.493 e. The Morgan fingerprint density at radius 1 is 1.07 bits per heavy atom. The minimum atomic E-state index is -0.408. The van der Waals surface area contributed by atoms with Gasteiger partial charge in [0.25, 0.3) is 5.91 Å². The second-order valence-corrected chi connectivity index (χ2v) is 7.10. The molecule has 156 valence electrons. The van der Waals surface area contributed by atoms with Crippen LogP contribution in [-0.2, 0) is 33.8 Å². The number of hydrogen-bond donors (Lipinski definition) is 0.